The molecule has 2 aromatic carbocycles. The summed E-state index contributed by atoms with van der Waals surface area (Å²) in [4.78, 5) is 45.8. The number of aryl methyl sites for hydroxylation is 1. The Hall–Kier alpha value is -4.83. The van der Waals surface area contributed by atoms with Crippen molar-refractivity contribution in [1.29, 1.82) is 0 Å². The molecule has 17 heteroatoms. The van der Waals surface area contributed by atoms with Gasteiger partial charge >= 0.3 is 18.3 Å². The lowest BCUT2D eigenvalue weighted by Crippen LogP contribution is -2.44. The molecule has 0 bridgehead atoms. The summed E-state index contributed by atoms with van der Waals surface area (Å²) < 4.78 is 78.4. The number of carbonyl (C=O) groups excluding carboxylic acids is 3. The SMILES string of the molecule is Cc1ccc(Cl)c(S(=O)(=O)Cc2cc(F)c(-c3nn(C(C)C)c4c(C5CCC(NC(=O)OC(C)(C)C)CC5)cnc(N(C(=O)OC(C)(C)C)C(=O)OC(C)(C)C)c34)cc2F)c1. The van der Waals surface area contributed by atoms with Crippen molar-refractivity contribution in [3.8, 4) is 11.3 Å². The predicted octanol–water partition coefficient (Wildman–Crippen LogP) is 11.1. The van der Waals surface area contributed by atoms with Crippen LogP contribution in [0.15, 0.2) is 41.4 Å². The molecule has 0 atom stereocenters. The van der Waals surface area contributed by atoms with Crippen LogP contribution in [0.3, 0.4) is 0 Å². The van der Waals surface area contributed by atoms with Crippen molar-refractivity contribution >= 4 is 56.4 Å². The van der Waals surface area contributed by atoms with Gasteiger partial charge in [0.15, 0.2) is 15.7 Å². The second-order valence-electron chi connectivity index (χ2n) is 18.8. The van der Waals surface area contributed by atoms with Crippen LogP contribution in [-0.4, -0.2) is 64.3 Å². The molecule has 1 aliphatic carbocycles. The maximum absolute atomic E-state index is 16.7. The van der Waals surface area contributed by atoms with Gasteiger partial charge in [-0.3, -0.25) is 4.68 Å². The standard InChI is InChI=1S/C44H56ClF2N5O8S/c1-24(2)52-37-30(26-14-16-28(17-15-26)49-39(53)58-42(4,5)6)22-48-38(51(40(54)59-43(7,8)9)41(55)60-44(10,11)12)35(37)36(50-52)29-21-32(46)27(20-33(29)47)23-61(56,57)34-19-25(3)13-18-31(34)45/h13,18-22,24,26,28H,14-17,23H2,1-12H3,(H,49,53). The van der Waals surface area contributed by atoms with Crippen LogP contribution in [0.25, 0.3) is 22.2 Å². The summed E-state index contributed by atoms with van der Waals surface area (Å²) in [5.74, 6) is -3.45. The zero-order valence-corrected chi connectivity index (χ0v) is 38.4. The van der Waals surface area contributed by atoms with E-state index in [1.54, 1.807) is 80.0 Å². The van der Waals surface area contributed by atoms with E-state index in [2.05, 4.69) is 5.32 Å². The van der Waals surface area contributed by atoms with Crippen LogP contribution in [0.1, 0.15) is 130 Å². The molecule has 3 amide bonds. The number of hydrogen-bond acceptors (Lipinski definition) is 10. The van der Waals surface area contributed by atoms with Crippen molar-refractivity contribution < 1.29 is 45.8 Å². The molecule has 5 rings (SSSR count). The molecule has 0 unspecified atom stereocenters. The molecule has 0 radical (unpaired) electrons. The fraction of sp³-hybridized carbons (Fsp3) is 0.523. The highest BCUT2D eigenvalue weighted by Gasteiger charge is 2.39. The van der Waals surface area contributed by atoms with Crippen molar-refractivity contribution in [2.75, 3.05) is 4.90 Å². The molecular formula is C44H56ClF2N5O8S. The number of alkyl carbamates (subject to hydrolysis) is 1. The quantitative estimate of drug-likeness (QED) is 0.169. The summed E-state index contributed by atoms with van der Waals surface area (Å²) >= 11 is 6.22. The van der Waals surface area contributed by atoms with E-state index in [1.807, 2.05) is 13.8 Å². The van der Waals surface area contributed by atoms with Gasteiger partial charge < -0.3 is 19.5 Å². The topological polar surface area (TPSA) is 159 Å². The zero-order valence-electron chi connectivity index (χ0n) is 36.8. The summed E-state index contributed by atoms with van der Waals surface area (Å²) in [6.45, 7) is 20.4. The van der Waals surface area contributed by atoms with Gasteiger partial charge in [0, 0.05) is 29.4 Å². The number of anilines is 1. The number of hydrogen-bond donors (Lipinski definition) is 1. The molecule has 2 aromatic heterocycles. The van der Waals surface area contributed by atoms with Crippen LogP contribution >= 0.6 is 11.6 Å². The number of carbonyl (C=O) groups is 3. The molecule has 4 aromatic rings. The monoisotopic (exact) mass is 887 g/mol. The molecule has 1 saturated carbocycles. The van der Waals surface area contributed by atoms with Gasteiger partial charge in [-0.1, -0.05) is 17.7 Å². The van der Waals surface area contributed by atoms with E-state index in [1.165, 1.54) is 18.3 Å². The normalized spacial score (nSPS) is 16.4. The Morgan fingerprint density at radius 3 is 2.00 bits per heavy atom. The molecule has 13 nitrogen and oxygen atoms in total. The third kappa shape index (κ3) is 11.4. The molecule has 0 saturated heterocycles. The van der Waals surface area contributed by atoms with Gasteiger partial charge in [0.25, 0.3) is 0 Å². The van der Waals surface area contributed by atoms with Crippen molar-refractivity contribution in [1.82, 2.24) is 20.1 Å². The first-order chi connectivity index (χ1) is 28.0. The number of imide groups is 1. The van der Waals surface area contributed by atoms with E-state index in [4.69, 9.17) is 35.9 Å². The largest absolute Gasteiger partial charge is 0.444 e. The van der Waals surface area contributed by atoms with Gasteiger partial charge in [0.1, 0.15) is 34.1 Å². The first-order valence-electron chi connectivity index (χ1n) is 20.2. The lowest BCUT2D eigenvalue weighted by atomic mass is 9.81. The Bertz CT molecular complexity index is 2420. The molecule has 2 heterocycles. The smallest absolute Gasteiger partial charge is 0.425 e. The summed E-state index contributed by atoms with van der Waals surface area (Å²) in [6.07, 6.45) is 1.06. The van der Waals surface area contributed by atoms with Gasteiger partial charge in [-0.25, -0.2) is 36.6 Å². The highest BCUT2D eigenvalue weighted by molar-refractivity contribution is 7.90. The number of amides is 3. The zero-order chi connectivity index (χ0) is 45.6. The number of ether oxygens (including phenoxy) is 3. The number of nitrogens with zero attached hydrogens (tertiary/aromatic N) is 4. The van der Waals surface area contributed by atoms with E-state index in [0.29, 0.717) is 47.2 Å². The average molecular weight is 888 g/mol. The molecule has 0 spiro atoms. The molecular weight excluding hydrogens is 832 g/mol. The minimum absolute atomic E-state index is 0.0298. The van der Waals surface area contributed by atoms with E-state index in [9.17, 15) is 22.8 Å². The van der Waals surface area contributed by atoms with Crippen LogP contribution in [0.5, 0.6) is 0 Å². The van der Waals surface area contributed by atoms with Gasteiger partial charge in [0.05, 0.1) is 26.6 Å². The third-order valence-electron chi connectivity index (χ3n) is 9.63. The molecule has 1 N–H and O–H groups in total. The first kappa shape index (κ1) is 47.2. The molecule has 1 fully saturated rings. The minimum atomic E-state index is -4.24. The second kappa shape index (κ2) is 17.5. The Morgan fingerprint density at radius 2 is 1.46 bits per heavy atom. The second-order valence-corrected chi connectivity index (χ2v) is 21.1. The Morgan fingerprint density at radius 1 is 0.885 bits per heavy atom. The number of nitrogens with one attached hydrogen (secondary N) is 1. The molecule has 332 valence electrons. The number of sulfone groups is 1. The summed E-state index contributed by atoms with van der Waals surface area (Å²) in [6, 6.07) is 5.49. The van der Waals surface area contributed by atoms with E-state index in [-0.39, 0.29) is 44.3 Å². The van der Waals surface area contributed by atoms with E-state index >= 15 is 8.78 Å². The number of aromatic nitrogens is 3. The molecule has 1 aliphatic rings. The van der Waals surface area contributed by atoms with Gasteiger partial charge in [0.2, 0.25) is 0 Å². The van der Waals surface area contributed by atoms with Gasteiger partial charge in [-0.15, -0.1) is 0 Å². The van der Waals surface area contributed by atoms with E-state index < -0.39 is 73.9 Å². The van der Waals surface area contributed by atoms with Crippen molar-refractivity contribution in [2.45, 2.75) is 154 Å². The predicted molar refractivity (Wildman–Crippen MR) is 230 cm³/mol. The van der Waals surface area contributed by atoms with Crippen LogP contribution in [0, 0.1) is 18.6 Å². The molecule has 0 aliphatic heterocycles. The highest BCUT2D eigenvalue weighted by atomic mass is 35.5. The maximum Gasteiger partial charge on any atom is 0.425 e. The number of fused-ring (bicyclic) bond motifs is 1. The Balaban J connectivity index is 1.72. The number of rotatable bonds is 8. The Kier molecular flexibility index (Phi) is 13.6. The highest BCUT2D eigenvalue weighted by Crippen LogP contribution is 2.44. The van der Waals surface area contributed by atoms with Crippen molar-refractivity contribution in [3.63, 3.8) is 0 Å². The lowest BCUT2D eigenvalue weighted by Gasteiger charge is -2.31. The van der Waals surface area contributed by atoms with Crippen LogP contribution in [-0.2, 0) is 29.8 Å². The number of pyridine rings is 1. The molecule has 61 heavy (non-hydrogen) atoms. The van der Waals surface area contributed by atoms with Crippen molar-refractivity contribution in [2.24, 2.45) is 0 Å². The lowest BCUT2D eigenvalue weighted by molar-refractivity contribution is 0.0425. The Labute approximate surface area is 361 Å². The van der Waals surface area contributed by atoms with Crippen LogP contribution in [0.2, 0.25) is 5.02 Å². The fourth-order valence-electron chi connectivity index (χ4n) is 7.11. The summed E-state index contributed by atoms with van der Waals surface area (Å²) in [7, 11) is -4.24. The minimum Gasteiger partial charge on any atom is -0.444 e. The van der Waals surface area contributed by atoms with Gasteiger partial charge in [-0.05, 0) is 150 Å². The summed E-state index contributed by atoms with van der Waals surface area (Å²) in [5.41, 5.74) is -2.16. The first-order valence-corrected chi connectivity index (χ1v) is 22.2. The van der Waals surface area contributed by atoms with E-state index in [0.717, 1.165) is 12.1 Å². The van der Waals surface area contributed by atoms with Gasteiger partial charge in [-0.2, -0.15) is 10.00 Å². The third-order valence-corrected chi connectivity index (χ3v) is 11.8. The number of halogens is 3. The maximum atomic E-state index is 16.7. The van der Waals surface area contributed by atoms with Crippen molar-refractivity contribution in [3.05, 3.63) is 69.9 Å². The average Bonchev–Trinajstić information content (AvgIpc) is 3.50. The summed E-state index contributed by atoms with van der Waals surface area (Å²) in [5, 5.41) is 7.74. The fourth-order valence-corrected chi connectivity index (χ4v) is 9.09. The number of benzene rings is 2. The van der Waals surface area contributed by atoms with Crippen LogP contribution in [0.4, 0.5) is 29.0 Å². The van der Waals surface area contributed by atoms with Crippen LogP contribution < -0.4 is 10.2 Å².